The van der Waals surface area contributed by atoms with Crippen LogP contribution in [0.1, 0.15) is 51.4 Å². The van der Waals surface area contributed by atoms with E-state index in [0.717, 1.165) is 24.5 Å². The highest BCUT2D eigenvalue weighted by molar-refractivity contribution is 5.33. The van der Waals surface area contributed by atoms with E-state index in [4.69, 9.17) is 9.47 Å². The summed E-state index contributed by atoms with van der Waals surface area (Å²) in [6.07, 6.45) is 10.5. The van der Waals surface area contributed by atoms with E-state index in [0.29, 0.717) is 12.1 Å². The maximum absolute atomic E-state index is 6.10. The third-order valence-corrected chi connectivity index (χ3v) is 5.05. The van der Waals surface area contributed by atoms with E-state index < -0.39 is 0 Å². The maximum atomic E-state index is 6.10. The van der Waals surface area contributed by atoms with E-state index in [1.807, 2.05) is 24.3 Å². The molecule has 1 aromatic carbocycles. The van der Waals surface area contributed by atoms with Gasteiger partial charge in [0.15, 0.2) is 0 Å². The molecule has 3 heteroatoms. The second kappa shape index (κ2) is 7.87. The van der Waals surface area contributed by atoms with Crippen LogP contribution in [0.2, 0.25) is 0 Å². The SMILES string of the molecule is CN1CCCC1CCOc1cccc(OC2CCCCC2)c1. The van der Waals surface area contributed by atoms with Crippen molar-refractivity contribution < 1.29 is 9.47 Å². The summed E-state index contributed by atoms with van der Waals surface area (Å²) in [6.45, 7) is 2.03. The van der Waals surface area contributed by atoms with Crippen LogP contribution in [0.15, 0.2) is 24.3 Å². The molecule has 2 aliphatic rings. The minimum Gasteiger partial charge on any atom is -0.493 e. The van der Waals surface area contributed by atoms with E-state index in [2.05, 4.69) is 11.9 Å². The fourth-order valence-electron chi connectivity index (χ4n) is 3.67. The summed E-state index contributed by atoms with van der Waals surface area (Å²) >= 11 is 0. The average molecular weight is 303 g/mol. The second-order valence-corrected chi connectivity index (χ2v) is 6.77. The molecule has 0 amide bonds. The van der Waals surface area contributed by atoms with Crippen LogP contribution in [0, 0.1) is 0 Å². The monoisotopic (exact) mass is 303 g/mol. The van der Waals surface area contributed by atoms with Crippen LogP contribution in [0.5, 0.6) is 11.5 Å². The third-order valence-electron chi connectivity index (χ3n) is 5.05. The number of hydrogen-bond donors (Lipinski definition) is 0. The van der Waals surface area contributed by atoms with Gasteiger partial charge in [0.1, 0.15) is 11.5 Å². The smallest absolute Gasteiger partial charge is 0.123 e. The van der Waals surface area contributed by atoms with Gasteiger partial charge in [-0.05, 0) is 70.7 Å². The molecule has 1 aliphatic heterocycles. The zero-order chi connectivity index (χ0) is 15.2. The average Bonchev–Trinajstić information content (AvgIpc) is 2.94. The van der Waals surface area contributed by atoms with Crippen molar-refractivity contribution in [2.45, 2.75) is 63.5 Å². The summed E-state index contributed by atoms with van der Waals surface area (Å²) in [5.74, 6) is 1.90. The number of benzene rings is 1. The fourth-order valence-corrected chi connectivity index (χ4v) is 3.67. The van der Waals surface area contributed by atoms with Crippen molar-refractivity contribution in [3.63, 3.8) is 0 Å². The molecule has 0 spiro atoms. The highest BCUT2D eigenvalue weighted by Crippen LogP contribution is 2.26. The topological polar surface area (TPSA) is 21.7 Å². The van der Waals surface area contributed by atoms with Crippen molar-refractivity contribution in [2.75, 3.05) is 20.2 Å². The number of hydrogen-bond acceptors (Lipinski definition) is 3. The lowest BCUT2D eigenvalue weighted by molar-refractivity contribution is 0.154. The first kappa shape index (κ1) is 15.7. The molecule has 1 aromatic rings. The molecule has 1 aliphatic carbocycles. The van der Waals surface area contributed by atoms with Crippen molar-refractivity contribution in [2.24, 2.45) is 0 Å². The first-order valence-corrected chi connectivity index (χ1v) is 8.91. The first-order valence-electron chi connectivity index (χ1n) is 8.91. The summed E-state index contributed by atoms with van der Waals surface area (Å²) in [5, 5.41) is 0. The van der Waals surface area contributed by atoms with Crippen molar-refractivity contribution in [3.05, 3.63) is 24.3 Å². The Bertz CT molecular complexity index is 457. The Balaban J connectivity index is 1.46. The Kier molecular flexibility index (Phi) is 5.60. The van der Waals surface area contributed by atoms with Crippen LogP contribution in [0.4, 0.5) is 0 Å². The predicted octanol–water partition coefficient (Wildman–Crippen LogP) is 4.26. The van der Waals surface area contributed by atoms with Crippen molar-refractivity contribution in [1.82, 2.24) is 4.90 Å². The lowest BCUT2D eigenvalue weighted by atomic mass is 9.98. The van der Waals surface area contributed by atoms with Gasteiger partial charge in [-0.15, -0.1) is 0 Å². The normalized spacial score (nSPS) is 23.6. The summed E-state index contributed by atoms with van der Waals surface area (Å²) in [4.78, 5) is 2.45. The fraction of sp³-hybridized carbons (Fsp3) is 0.684. The maximum Gasteiger partial charge on any atom is 0.123 e. The van der Waals surface area contributed by atoms with Crippen LogP contribution < -0.4 is 9.47 Å². The third kappa shape index (κ3) is 4.39. The Labute approximate surface area is 134 Å². The Morgan fingerprint density at radius 1 is 1.05 bits per heavy atom. The highest BCUT2D eigenvalue weighted by Gasteiger charge is 2.20. The van der Waals surface area contributed by atoms with E-state index in [1.165, 1.54) is 51.5 Å². The minimum atomic E-state index is 0.399. The van der Waals surface area contributed by atoms with Crippen molar-refractivity contribution >= 4 is 0 Å². The Morgan fingerprint density at radius 3 is 2.64 bits per heavy atom. The summed E-state index contributed by atoms with van der Waals surface area (Å²) in [6, 6.07) is 8.86. The largest absolute Gasteiger partial charge is 0.493 e. The molecule has 1 unspecified atom stereocenters. The molecule has 1 atom stereocenters. The van der Waals surface area contributed by atoms with Crippen LogP contribution >= 0.6 is 0 Å². The van der Waals surface area contributed by atoms with E-state index in [9.17, 15) is 0 Å². The number of ether oxygens (including phenoxy) is 2. The van der Waals surface area contributed by atoms with Gasteiger partial charge in [0.25, 0.3) is 0 Å². The molecule has 1 heterocycles. The van der Waals surface area contributed by atoms with Crippen molar-refractivity contribution in [3.8, 4) is 11.5 Å². The summed E-state index contributed by atoms with van der Waals surface area (Å²) in [5.41, 5.74) is 0. The molecule has 2 fully saturated rings. The van der Waals surface area contributed by atoms with Gasteiger partial charge in [-0.1, -0.05) is 12.5 Å². The standard InChI is InChI=1S/C19H29NO2/c1-20-13-6-7-16(20)12-14-21-18-10-5-11-19(15-18)22-17-8-3-2-4-9-17/h5,10-11,15-17H,2-4,6-9,12-14H2,1H3. The van der Waals surface area contributed by atoms with Gasteiger partial charge in [-0.3, -0.25) is 0 Å². The molecule has 0 radical (unpaired) electrons. The minimum absolute atomic E-state index is 0.399. The zero-order valence-corrected chi connectivity index (χ0v) is 13.8. The van der Waals surface area contributed by atoms with Crippen LogP contribution in [-0.4, -0.2) is 37.2 Å². The molecule has 3 nitrogen and oxygen atoms in total. The molecule has 122 valence electrons. The number of nitrogens with zero attached hydrogens (tertiary/aromatic N) is 1. The molecular formula is C19H29NO2. The van der Waals surface area contributed by atoms with Gasteiger partial charge >= 0.3 is 0 Å². The Hall–Kier alpha value is -1.22. The molecule has 0 N–H and O–H groups in total. The molecule has 22 heavy (non-hydrogen) atoms. The molecular weight excluding hydrogens is 274 g/mol. The molecule has 1 saturated carbocycles. The summed E-state index contributed by atoms with van der Waals surface area (Å²) < 4.78 is 12.0. The van der Waals surface area contributed by atoms with Gasteiger partial charge < -0.3 is 14.4 Å². The van der Waals surface area contributed by atoms with Crippen LogP contribution in [-0.2, 0) is 0 Å². The summed E-state index contributed by atoms with van der Waals surface area (Å²) in [7, 11) is 2.22. The molecule has 1 saturated heterocycles. The van der Waals surface area contributed by atoms with E-state index in [1.54, 1.807) is 0 Å². The van der Waals surface area contributed by atoms with E-state index in [-0.39, 0.29) is 0 Å². The number of rotatable bonds is 6. The quantitative estimate of drug-likeness (QED) is 0.783. The predicted molar refractivity (Wildman–Crippen MR) is 89.7 cm³/mol. The molecule has 3 rings (SSSR count). The Morgan fingerprint density at radius 2 is 1.86 bits per heavy atom. The van der Waals surface area contributed by atoms with Crippen LogP contribution in [0.25, 0.3) is 0 Å². The zero-order valence-electron chi connectivity index (χ0n) is 13.8. The molecule has 0 aromatic heterocycles. The van der Waals surface area contributed by atoms with Gasteiger partial charge in [0, 0.05) is 12.1 Å². The number of likely N-dealkylation sites (tertiary alicyclic amines) is 1. The van der Waals surface area contributed by atoms with Gasteiger partial charge in [0.2, 0.25) is 0 Å². The van der Waals surface area contributed by atoms with Crippen LogP contribution in [0.3, 0.4) is 0 Å². The van der Waals surface area contributed by atoms with Crippen molar-refractivity contribution in [1.29, 1.82) is 0 Å². The lowest BCUT2D eigenvalue weighted by Gasteiger charge is -2.23. The first-order chi connectivity index (χ1) is 10.8. The van der Waals surface area contributed by atoms with E-state index >= 15 is 0 Å². The van der Waals surface area contributed by atoms with Gasteiger partial charge in [-0.25, -0.2) is 0 Å². The molecule has 0 bridgehead atoms. The second-order valence-electron chi connectivity index (χ2n) is 6.77. The highest BCUT2D eigenvalue weighted by atomic mass is 16.5. The van der Waals surface area contributed by atoms with Gasteiger partial charge in [0.05, 0.1) is 12.7 Å². The lowest BCUT2D eigenvalue weighted by Crippen LogP contribution is -2.26. The van der Waals surface area contributed by atoms with Gasteiger partial charge in [-0.2, -0.15) is 0 Å².